The van der Waals surface area contributed by atoms with Gasteiger partial charge in [-0.3, -0.25) is 4.79 Å². The SMILES string of the molecule is C/C=C/CC(NC(=O)COc1ccccc1C(F)(F)F)C(=O)O. The van der Waals surface area contributed by atoms with Crippen LogP contribution in [0.15, 0.2) is 36.4 Å². The topological polar surface area (TPSA) is 75.6 Å². The number of halogens is 3. The lowest BCUT2D eigenvalue weighted by atomic mass is 10.2. The van der Waals surface area contributed by atoms with E-state index in [0.717, 1.165) is 12.1 Å². The fourth-order valence-electron chi connectivity index (χ4n) is 1.70. The number of para-hydroxylation sites is 1. The predicted octanol–water partition coefficient (Wildman–Crippen LogP) is 2.62. The molecule has 1 unspecified atom stereocenters. The number of alkyl halides is 3. The monoisotopic (exact) mass is 331 g/mol. The highest BCUT2D eigenvalue weighted by atomic mass is 19.4. The molecule has 0 heterocycles. The molecule has 1 aromatic carbocycles. The number of hydrogen-bond acceptors (Lipinski definition) is 3. The van der Waals surface area contributed by atoms with Crippen LogP contribution in [0.1, 0.15) is 18.9 Å². The van der Waals surface area contributed by atoms with E-state index in [9.17, 15) is 22.8 Å². The Morgan fingerprint density at radius 1 is 1.35 bits per heavy atom. The zero-order valence-corrected chi connectivity index (χ0v) is 12.3. The maximum atomic E-state index is 12.8. The first-order chi connectivity index (χ1) is 10.8. The third-order valence-electron chi connectivity index (χ3n) is 2.79. The summed E-state index contributed by atoms with van der Waals surface area (Å²) in [6.07, 6.45) is -1.36. The summed E-state index contributed by atoms with van der Waals surface area (Å²) in [6, 6.07) is 3.30. The molecule has 1 amide bonds. The Labute approximate surface area is 130 Å². The minimum absolute atomic E-state index is 0.0662. The lowest BCUT2D eigenvalue weighted by Crippen LogP contribution is -2.42. The van der Waals surface area contributed by atoms with Gasteiger partial charge in [-0.15, -0.1) is 0 Å². The number of rotatable bonds is 7. The van der Waals surface area contributed by atoms with Crippen LogP contribution in [0, 0.1) is 0 Å². The largest absolute Gasteiger partial charge is 0.483 e. The van der Waals surface area contributed by atoms with Crippen molar-refractivity contribution in [2.45, 2.75) is 25.6 Å². The highest BCUT2D eigenvalue weighted by Gasteiger charge is 2.34. The van der Waals surface area contributed by atoms with E-state index in [1.807, 2.05) is 0 Å². The molecular weight excluding hydrogens is 315 g/mol. The molecule has 1 atom stereocenters. The van der Waals surface area contributed by atoms with Crippen molar-refractivity contribution in [3.63, 3.8) is 0 Å². The van der Waals surface area contributed by atoms with E-state index < -0.39 is 42.0 Å². The van der Waals surface area contributed by atoms with Gasteiger partial charge in [0, 0.05) is 0 Å². The van der Waals surface area contributed by atoms with Crippen LogP contribution < -0.4 is 10.1 Å². The molecule has 0 aliphatic rings. The second kappa shape index (κ2) is 8.21. The second-order valence-corrected chi connectivity index (χ2v) is 4.55. The van der Waals surface area contributed by atoms with Crippen LogP contribution in [0.3, 0.4) is 0 Å². The standard InChI is InChI=1S/C15H16F3NO4/c1-2-3-7-11(14(21)22)19-13(20)9-23-12-8-5-4-6-10(12)15(16,17)18/h2-6,8,11H,7,9H2,1H3,(H,19,20)(H,21,22)/b3-2+. The smallest absolute Gasteiger partial charge is 0.419 e. The van der Waals surface area contributed by atoms with Crippen molar-refractivity contribution in [2.24, 2.45) is 0 Å². The summed E-state index contributed by atoms with van der Waals surface area (Å²) in [7, 11) is 0. The van der Waals surface area contributed by atoms with E-state index in [0.29, 0.717) is 0 Å². The van der Waals surface area contributed by atoms with Gasteiger partial charge in [-0.25, -0.2) is 4.79 Å². The van der Waals surface area contributed by atoms with Crippen molar-refractivity contribution < 1.29 is 32.6 Å². The van der Waals surface area contributed by atoms with Crippen LogP contribution in [-0.2, 0) is 15.8 Å². The number of aliphatic carboxylic acids is 1. The minimum Gasteiger partial charge on any atom is -0.483 e. The van der Waals surface area contributed by atoms with Crippen molar-refractivity contribution in [3.05, 3.63) is 42.0 Å². The first-order valence-corrected chi connectivity index (χ1v) is 6.68. The van der Waals surface area contributed by atoms with E-state index in [1.165, 1.54) is 12.1 Å². The van der Waals surface area contributed by atoms with Crippen molar-refractivity contribution in [1.29, 1.82) is 0 Å². The van der Waals surface area contributed by atoms with Gasteiger partial charge in [-0.2, -0.15) is 13.2 Å². The van der Waals surface area contributed by atoms with Crippen molar-refractivity contribution in [3.8, 4) is 5.75 Å². The second-order valence-electron chi connectivity index (χ2n) is 4.55. The van der Waals surface area contributed by atoms with Gasteiger partial charge in [0.2, 0.25) is 0 Å². The third-order valence-corrected chi connectivity index (χ3v) is 2.79. The van der Waals surface area contributed by atoms with Gasteiger partial charge in [-0.05, 0) is 25.5 Å². The summed E-state index contributed by atoms with van der Waals surface area (Å²) < 4.78 is 43.2. The van der Waals surface area contributed by atoms with Gasteiger partial charge in [0.15, 0.2) is 6.61 Å². The fourth-order valence-corrected chi connectivity index (χ4v) is 1.70. The maximum Gasteiger partial charge on any atom is 0.419 e. The molecule has 1 rings (SSSR count). The molecule has 0 saturated carbocycles. The van der Waals surface area contributed by atoms with Gasteiger partial charge in [0.05, 0.1) is 5.56 Å². The zero-order valence-electron chi connectivity index (χ0n) is 12.3. The summed E-state index contributed by atoms with van der Waals surface area (Å²) in [5.41, 5.74) is -1.00. The molecule has 0 spiro atoms. The van der Waals surface area contributed by atoms with Gasteiger partial charge >= 0.3 is 12.1 Å². The van der Waals surface area contributed by atoms with Crippen LogP contribution >= 0.6 is 0 Å². The number of carbonyl (C=O) groups is 2. The number of benzene rings is 1. The molecule has 1 aromatic rings. The number of allylic oxidation sites excluding steroid dienone is 1. The molecular formula is C15H16F3NO4. The highest BCUT2D eigenvalue weighted by Crippen LogP contribution is 2.35. The molecule has 0 radical (unpaired) electrons. The predicted molar refractivity (Wildman–Crippen MR) is 75.9 cm³/mol. The molecule has 0 fully saturated rings. The van der Waals surface area contributed by atoms with Crippen LogP contribution in [0.2, 0.25) is 0 Å². The molecule has 0 saturated heterocycles. The molecule has 0 bridgehead atoms. The van der Waals surface area contributed by atoms with Crippen molar-refractivity contribution in [2.75, 3.05) is 6.61 Å². The van der Waals surface area contributed by atoms with E-state index in [1.54, 1.807) is 19.1 Å². The first kappa shape index (κ1) is 18.5. The van der Waals surface area contributed by atoms with E-state index in [-0.39, 0.29) is 6.42 Å². The van der Waals surface area contributed by atoms with E-state index in [2.05, 4.69) is 5.32 Å². The molecule has 0 aliphatic carbocycles. The molecule has 8 heteroatoms. The first-order valence-electron chi connectivity index (χ1n) is 6.68. The minimum atomic E-state index is -4.61. The Hall–Kier alpha value is -2.51. The quantitative estimate of drug-likeness (QED) is 0.753. The number of amides is 1. The zero-order chi connectivity index (χ0) is 17.5. The van der Waals surface area contributed by atoms with Crippen LogP contribution in [-0.4, -0.2) is 29.6 Å². The Balaban J connectivity index is 2.68. The fraction of sp³-hybridized carbons (Fsp3) is 0.333. The van der Waals surface area contributed by atoms with Gasteiger partial charge in [-0.1, -0.05) is 24.3 Å². The molecule has 0 aliphatic heterocycles. The molecule has 126 valence electrons. The average molecular weight is 331 g/mol. The van der Waals surface area contributed by atoms with E-state index >= 15 is 0 Å². The number of ether oxygens (including phenoxy) is 1. The maximum absolute atomic E-state index is 12.8. The summed E-state index contributed by atoms with van der Waals surface area (Å²) in [5, 5.41) is 11.1. The Bertz CT molecular complexity index is 584. The Morgan fingerprint density at radius 3 is 2.57 bits per heavy atom. The summed E-state index contributed by atoms with van der Waals surface area (Å²) in [4.78, 5) is 22.6. The number of carboxylic acid groups (broad SMARTS) is 1. The third kappa shape index (κ3) is 6.01. The Kier molecular flexibility index (Phi) is 6.62. The molecule has 23 heavy (non-hydrogen) atoms. The highest BCUT2D eigenvalue weighted by molar-refractivity contribution is 5.84. The summed E-state index contributed by atoms with van der Waals surface area (Å²) in [6.45, 7) is 0.977. The van der Waals surface area contributed by atoms with Crippen molar-refractivity contribution >= 4 is 11.9 Å². The summed E-state index contributed by atoms with van der Waals surface area (Å²) in [5.74, 6) is -2.55. The lowest BCUT2D eigenvalue weighted by Gasteiger charge is -2.15. The number of carboxylic acids is 1. The van der Waals surface area contributed by atoms with Gasteiger partial charge in [0.1, 0.15) is 11.8 Å². The van der Waals surface area contributed by atoms with Crippen molar-refractivity contribution in [1.82, 2.24) is 5.32 Å². The van der Waals surface area contributed by atoms with Crippen LogP contribution in [0.5, 0.6) is 5.75 Å². The number of nitrogens with one attached hydrogen (secondary N) is 1. The van der Waals surface area contributed by atoms with Crippen LogP contribution in [0.25, 0.3) is 0 Å². The number of hydrogen-bond donors (Lipinski definition) is 2. The normalized spacial score (nSPS) is 12.9. The molecule has 2 N–H and O–H groups in total. The lowest BCUT2D eigenvalue weighted by molar-refractivity contribution is -0.142. The molecule has 0 aromatic heterocycles. The molecule has 5 nitrogen and oxygen atoms in total. The van der Waals surface area contributed by atoms with Crippen LogP contribution in [0.4, 0.5) is 13.2 Å². The average Bonchev–Trinajstić information content (AvgIpc) is 2.48. The van der Waals surface area contributed by atoms with Gasteiger partial charge in [0.25, 0.3) is 5.91 Å². The Morgan fingerprint density at radius 2 is 2.00 bits per heavy atom. The van der Waals surface area contributed by atoms with Gasteiger partial charge < -0.3 is 15.2 Å². The summed E-state index contributed by atoms with van der Waals surface area (Å²) >= 11 is 0. The number of carbonyl (C=O) groups excluding carboxylic acids is 1. The van der Waals surface area contributed by atoms with E-state index in [4.69, 9.17) is 9.84 Å².